The van der Waals surface area contributed by atoms with Crippen molar-refractivity contribution in [2.24, 2.45) is 0 Å². The van der Waals surface area contributed by atoms with Crippen molar-refractivity contribution >= 4 is 15.7 Å². The van der Waals surface area contributed by atoms with Crippen molar-refractivity contribution in [3.05, 3.63) is 54.2 Å². The second-order valence-electron chi connectivity index (χ2n) is 7.82. The maximum Gasteiger partial charge on any atom is 0.255 e. The molecule has 29 heavy (non-hydrogen) atoms. The maximum absolute atomic E-state index is 12.8. The Morgan fingerprint density at radius 2 is 1.59 bits per heavy atom. The number of amides is 1. The minimum atomic E-state index is -3.67. The van der Waals surface area contributed by atoms with Crippen LogP contribution < -0.4 is 0 Å². The summed E-state index contributed by atoms with van der Waals surface area (Å²) in [5.41, 5.74) is 0.433. The van der Waals surface area contributed by atoms with E-state index < -0.39 is 9.84 Å². The molecule has 1 amide bonds. The molecular weight excluding hydrogens is 386 g/mol. The van der Waals surface area contributed by atoms with Crippen molar-refractivity contribution in [1.29, 1.82) is 0 Å². The highest BCUT2D eigenvalue weighted by molar-refractivity contribution is 7.91. The summed E-state index contributed by atoms with van der Waals surface area (Å²) in [6.45, 7) is 3.23. The quantitative estimate of drug-likeness (QED) is 0.771. The minimum absolute atomic E-state index is 0.0395. The third-order valence-electron chi connectivity index (χ3n) is 6.00. The Hall–Kier alpha value is -2.25. The Labute approximate surface area is 172 Å². The Kier molecular flexibility index (Phi) is 5.96. The molecule has 0 N–H and O–H groups in total. The Morgan fingerprint density at radius 1 is 0.897 bits per heavy atom. The molecule has 154 valence electrons. The molecule has 0 bridgehead atoms. The topological polar surface area (TPSA) is 70.6 Å². The molecule has 1 aliphatic carbocycles. The normalized spacial score (nSPS) is 19.2. The lowest BCUT2D eigenvalue weighted by Gasteiger charge is -2.40. The highest BCUT2D eigenvalue weighted by Gasteiger charge is 2.28. The van der Waals surface area contributed by atoms with E-state index in [-0.39, 0.29) is 15.8 Å². The van der Waals surface area contributed by atoms with Crippen LogP contribution in [-0.2, 0) is 9.84 Å². The average molecular weight is 414 g/mol. The zero-order chi connectivity index (χ0) is 20.3. The summed E-state index contributed by atoms with van der Waals surface area (Å²) in [6, 6.07) is 11.9. The van der Waals surface area contributed by atoms with Crippen LogP contribution in [0.25, 0.3) is 0 Å². The van der Waals surface area contributed by atoms with Gasteiger partial charge in [-0.25, -0.2) is 13.4 Å². The van der Waals surface area contributed by atoms with E-state index in [4.69, 9.17) is 0 Å². The van der Waals surface area contributed by atoms with E-state index in [0.717, 1.165) is 13.1 Å². The number of benzene rings is 1. The lowest BCUT2D eigenvalue weighted by atomic mass is 9.94. The number of aromatic nitrogens is 1. The van der Waals surface area contributed by atoms with Crippen molar-refractivity contribution in [2.75, 3.05) is 26.2 Å². The van der Waals surface area contributed by atoms with Gasteiger partial charge >= 0.3 is 0 Å². The van der Waals surface area contributed by atoms with Crippen LogP contribution in [-0.4, -0.2) is 61.3 Å². The van der Waals surface area contributed by atoms with Crippen LogP contribution in [0.1, 0.15) is 42.5 Å². The fraction of sp³-hybridized carbons (Fsp3) is 0.455. The number of piperazine rings is 1. The Morgan fingerprint density at radius 3 is 2.21 bits per heavy atom. The third-order valence-corrected chi connectivity index (χ3v) is 7.69. The van der Waals surface area contributed by atoms with Gasteiger partial charge in [-0.2, -0.15) is 0 Å². The van der Waals surface area contributed by atoms with Gasteiger partial charge in [0, 0.05) is 38.4 Å². The molecule has 1 aromatic carbocycles. The third kappa shape index (κ3) is 4.36. The van der Waals surface area contributed by atoms with Crippen molar-refractivity contribution in [3.8, 4) is 0 Å². The van der Waals surface area contributed by atoms with Crippen LogP contribution in [0.5, 0.6) is 0 Å². The first-order valence-electron chi connectivity index (χ1n) is 10.4. The first-order chi connectivity index (χ1) is 14.1. The van der Waals surface area contributed by atoms with Gasteiger partial charge in [0.25, 0.3) is 5.91 Å². The van der Waals surface area contributed by atoms with Gasteiger partial charge in [-0.1, -0.05) is 37.5 Å². The molecule has 7 heteroatoms. The van der Waals surface area contributed by atoms with Crippen LogP contribution in [0, 0.1) is 0 Å². The van der Waals surface area contributed by atoms with Crippen molar-refractivity contribution < 1.29 is 13.2 Å². The van der Waals surface area contributed by atoms with Crippen LogP contribution >= 0.6 is 0 Å². The van der Waals surface area contributed by atoms with Gasteiger partial charge in [-0.05, 0) is 37.1 Å². The SMILES string of the molecule is O=C(c1ccc(S(=O)(=O)c2ccccc2)nc1)N1CCN(C2CCCCC2)CC1. The summed E-state index contributed by atoms with van der Waals surface area (Å²) in [5.74, 6) is -0.0792. The molecule has 2 aliphatic rings. The zero-order valence-corrected chi connectivity index (χ0v) is 17.4. The molecule has 0 atom stereocenters. The average Bonchev–Trinajstić information content (AvgIpc) is 2.80. The fourth-order valence-corrected chi connectivity index (χ4v) is 5.50. The first-order valence-corrected chi connectivity index (χ1v) is 11.8. The number of carbonyl (C=O) groups is 1. The molecule has 1 aromatic heterocycles. The predicted octanol–water partition coefficient (Wildman–Crippen LogP) is 3.00. The zero-order valence-electron chi connectivity index (χ0n) is 16.5. The van der Waals surface area contributed by atoms with E-state index >= 15 is 0 Å². The molecule has 4 rings (SSSR count). The number of hydrogen-bond acceptors (Lipinski definition) is 5. The van der Waals surface area contributed by atoms with E-state index in [1.54, 1.807) is 36.4 Å². The molecule has 1 saturated heterocycles. The first kappa shape index (κ1) is 20.0. The predicted molar refractivity (Wildman–Crippen MR) is 110 cm³/mol. The second kappa shape index (κ2) is 8.63. The van der Waals surface area contributed by atoms with E-state index in [1.807, 2.05) is 4.90 Å². The fourth-order valence-electron chi connectivity index (χ4n) is 4.31. The van der Waals surface area contributed by atoms with Crippen LogP contribution in [0.4, 0.5) is 0 Å². The lowest BCUT2D eigenvalue weighted by Crippen LogP contribution is -2.52. The van der Waals surface area contributed by atoms with Gasteiger partial charge in [0.2, 0.25) is 9.84 Å². The van der Waals surface area contributed by atoms with E-state index in [1.165, 1.54) is 44.4 Å². The number of pyridine rings is 1. The molecule has 1 saturated carbocycles. The Bertz CT molecular complexity index is 931. The molecule has 2 aromatic rings. The van der Waals surface area contributed by atoms with Crippen molar-refractivity contribution in [2.45, 2.75) is 48.1 Å². The van der Waals surface area contributed by atoms with Crippen LogP contribution in [0.2, 0.25) is 0 Å². The molecule has 6 nitrogen and oxygen atoms in total. The van der Waals surface area contributed by atoms with Gasteiger partial charge in [-0.15, -0.1) is 0 Å². The van der Waals surface area contributed by atoms with Gasteiger partial charge in [0.15, 0.2) is 5.03 Å². The summed E-state index contributed by atoms with van der Waals surface area (Å²) in [5, 5.41) is -0.0395. The van der Waals surface area contributed by atoms with Crippen LogP contribution in [0.3, 0.4) is 0 Å². The molecule has 1 aliphatic heterocycles. The summed E-state index contributed by atoms with van der Waals surface area (Å²) in [6.07, 6.45) is 7.90. The number of nitrogens with zero attached hydrogens (tertiary/aromatic N) is 3. The molecule has 2 fully saturated rings. The minimum Gasteiger partial charge on any atom is -0.336 e. The lowest BCUT2D eigenvalue weighted by molar-refractivity contribution is 0.0523. The number of sulfone groups is 1. The van der Waals surface area contributed by atoms with E-state index in [9.17, 15) is 13.2 Å². The molecule has 0 spiro atoms. The summed E-state index contributed by atoms with van der Waals surface area (Å²) in [4.78, 5) is 21.5. The number of rotatable bonds is 4. The molecule has 2 heterocycles. The van der Waals surface area contributed by atoms with Gasteiger partial charge in [0.05, 0.1) is 10.5 Å². The largest absolute Gasteiger partial charge is 0.336 e. The van der Waals surface area contributed by atoms with Crippen molar-refractivity contribution in [1.82, 2.24) is 14.8 Å². The van der Waals surface area contributed by atoms with Gasteiger partial charge in [-0.3, -0.25) is 9.69 Å². The number of hydrogen-bond donors (Lipinski definition) is 0. The van der Waals surface area contributed by atoms with Gasteiger partial charge < -0.3 is 4.90 Å². The molecule has 0 radical (unpaired) electrons. The molecular formula is C22H27N3O3S. The monoisotopic (exact) mass is 413 g/mol. The van der Waals surface area contributed by atoms with Gasteiger partial charge in [0.1, 0.15) is 0 Å². The maximum atomic E-state index is 12.8. The highest BCUT2D eigenvalue weighted by Crippen LogP contribution is 2.24. The summed E-state index contributed by atoms with van der Waals surface area (Å²) >= 11 is 0. The Balaban J connectivity index is 1.40. The second-order valence-corrected chi connectivity index (χ2v) is 9.72. The summed E-state index contributed by atoms with van der Waals surface area (Å²) < 4.78 is 25.3. The van der Waals surface area contributed by atoms with Crippen molar-refractivity contribution in [3.63, 3.8) is 0 Å². The molecule has 0 unspecified atom stereocenters. The highest BCUT2D eigenvalue weighted by atomic mass is 32.2. The van der Waals surface area contributed by atoms with Crippen LogP contribution in [0.15, 0.2) is 58.6 Å². The van der Waals surface area contributed by atoms with E-state index in [2.05, 4.69) is 9.88 Å². The standard InChI is InChI=1S/C22H27N3O3S/c26-22(25-15-13-24(14-16-25)19-7-3-1-4-8-19)18-11-12-21(23-17-18)29(27,28)20-9-5-2-6-10-20/h2,5-6,9-12,17,19H,1,3-4,7-8,13-16H2. The smallest absolute Gasteiger partial charge is 0.255 e. The summed E-state index contributed by atoms with van der Waals surface area (Å²) in [7, 11) is -3.67. The number of carbonyl (C=O) groups excluding carboxylic acids is 1. The van der Waals surface area contributed by atoms with E-state index in [0.29, 0.717) is 24.7 Å².